The molecular formula is C10H10F3NO3. The van der Waals surface area contributed by atoms with Gasteiger partial charge < -0.3 is 5.11 Å². The summed E-state index contributed by atoms with van der Waals surface area (Å²) in [6, 6.07) is 3.11. The van der Waals surface area contributed by atoms with Crippen molar-refractivity contribution in [2.45, 2.75) is 19.0 Å². The Morgan fingerprint density at radius 1 is 1.47 bits per heavy atom. The quantitative estimate of drug-likeness (QED) is 0.661. The molecule has 0 bridgehead atoms. The molecule has 1 aromatic rings. The van der Waals surface area contributed by atoms with E-state index < -0.39 is 34.9 Å². The summed E-state index contributed by atoms with van der Waals surface area (Å²) < 4.78 is 38.3. The average molecular weight is 249 g/mol. The molecule has 1 unspecified atom stereocenters. The summed E-state index contributed by atoms with van der Waals surface area (Å²) in [5, 5.41) is 19.4. The van der Waals surface area contributed by atoms with Crippen molar-refractivity contribution in [1.82, 2.24) is 0 Å². The lowest BCUT2D eigenvalue weighted by Gasteiger charge is -2.16. The fourth-order valence-electron chi connectivity index (χ4n) is 1.53. The number of hydrogen-bond acceptors (Lipinski definition) is 3. The molecule has 1 rings (SSSR count). The van der Waals surface area contributed by atoms with Gasteiger partial charge in [0, 0.05) is 18.6 Å². The Morgan fingerprint density at radius 3 is 2.47 bits per heavy atom. The Hall–Kier alpha value is -1.63. The van der Waals surface area contributed by atoms with Gasteiger partial charge in [-0.05, 0) is 5.56 Å². The largest absolute Gasteiger partial charge is 0.423 e. The van der Waals surface area contributed by atoms with E-state index in [2.05, 4.69) is 0 Å². The van der Waals surface area contributed by atoms with Gasteiger partial charge in [0.1, 0.15) is 5.56 Å². The van der Waals surface area contributed by atoms with Gasteiger partial charge in [-0.2, -0.15) is 13.2 Å². The van der Waals surface area contributed by atoms with Gasteiger partial charge in [-0.3, -0.25) is 10.1 Å². The van der Waals surface area contributed by atoms with E-state index in [0.29, 0.717) is 0 Å². The van der Waals surface area contributed by atoms with Crippen LogP contribution in [-0.2, 0) is 6.18 Å². The van der Waals surface area contributed by atoms with Gasteiger partial charge >= 0.3 is 6.18 Å². The van der Waals surface area contributed by atoms with Crippen molar-refractivity contribution < 1.29 is 23.2 Å². The van der Waals surface area contributed by atoms with Crippen LogP contribution in [0, 0.1) is 10.1 Å². The predicted octanol–water partition coefficient (Wildman–Crippen LogP) is 2.71. The van der Waals surface area contributed by atoms with E-state index in [-0.39, 0.29) is 5.56 Å². The molecule has 0 saturated carbocycles. The Bertz CT molecular complexity index is 431. The third-order valence-corrected chi connectivity index (χ3v) is 2.36. The number of benzene rings is 1. The number of nitrogens with zero attached hydrogens (tertiary/aromatic N) is 1. The van der Waals surface area contributed by atoms with E-state index in [1.807, 2.05) is 0 Å². The Morgan fingerprint density at radius 2 is 2.06 bits per heavy atom. The number of nitro benzene ring substituents is 1. The minimum absolute atomic E-state index is 0.269. The summed E-state index contributed by atoms with van der Waals surface area (Å²) in [6.45, 7) is 0.860. The van der Waals surface area contributed by atoms with Gasteiger partial charge in [-0.1, -0.05) is 19.1 Å². The molecule has 7 heteroatoms. The van der Waals surface area contributed by atoms with Gasteiger partial charge in [0.2, 0.25) is 0 Å². The van der Waals surface area contributed by atoms with Crippen molar-refractivity contribution in [3.05, 3.63) is 39.4 Å². The third kappa shape index (κ3) is 2.73. The van der Waals surface area contributed by atoms with Crippen LogP contribution in [0.5, 0.6) is 0 Å². The van der Waals surface area contributed by atoms with E-state index in [4.69, 9.17) is 5.11 Å². The van der Waals surface area contributed by atoms with Crippen molar-refractivity contribution in [2.75, 3.05) is 6.61 Å². The topological polar surface area (TPSA) is 63.4 Å². The van der Waals surface area contributed by atoms with Gasteiger partial charge in [-0.15, -0.1) is 0 Å². The van der Waals surface area contributed by atoms with E-state index in [0.717, 1.165) is 12.1 Å². The monoisotopic (exact) mass is 249 g/mol. The van der Waals surface area contributed by atoms with Crippen LogP contribution in [0.3, 0.4) is 0 Å². The third-order valence-electron chi connectivity index (χ3n) is 2.36. The molecule has 1 N–H and O–H groups in total. The maximum Gasteiger partial charge on any atom is 0.423 e. The van der Waals surface area contributed by atoms with E-state index in [9.17, 15) is 23.3 Å². The lowest BCUT2D eigenvalue weighted by Crippen LogP contribution is -2.15. The molecule has 17 heavy (non-hydrogen) atoms. The zero-order valence-electron chi connectivity index (χ0n) is 8.86. The first-order valence-corrected chi connectivity index (χ1v) is 4.74. The van der Waals surface area contributed by atoms with Crippen molar-refractivity contribution >= 4 is 5.69 Å². The highest BCUT2D eigenvalue weighted by molar-refractivity contribution is 5.48. The first kappa shape index (κ1) is 13.4. The molecular weight excluding hydrogens is 239 g/mol. The molecule has 4 nitrogen and oxygen atoms in total. The molecule has 0 heterocycles. The summed E-state index contributed by atoms with van der Waals surface area (Å²) in [7, 11) is 0. The van der Waals surface area contributed by atoms with E-state index >= 15 is 0 Å². The zero-order valence-corrected chi connectivity index (χ0v) is 8.86. The molecule has 0 saturated heterocycles. The first-order valence-electron chi connectivity index (χ1n) is 4.74. The molecule has 1 aromatic carbocycles. The fraction of sp³-hybridized carbons (Fsp3) is 0.400. The number of hydrogen-bond donors (Lipinski definition) is 1. The summed E-state index contributed by atoms with van der Waals surface area (Å²) >= 11 is 0. The molecule has 0 spiro atoms. The number of alkyl halides is 3. The van der Waals surface area contributed by atoms with Gasteiger partial charge in [-0.25, -0.2) is 0 Å². The zero-order chi connectivity index (χ0) is 13.2. The summed E-state index contributed by atoms with van der Waals surface area (Å²) in [6.07, 6.45) is -4.82. The molecule has 0 fully saturated rings. The lowest BCUT2D eigenvalue weighted by molar-refractivity contribution is -0.388. The van der Waals surface area contributed by atoms with Gasteiger partial charge in [0.25, 0.3) is 5.69 Å². The smallest absolute Gasteiger partial charge is 0.396 e. The highest BCUT2D eigenvalue weighted by Gasteiger charge is 2.41. The van der Waals surface area contributed by atoms with Crippen molar-refractivity contribution in [3.8, 4) is 0 Å². The molecule has 0 aliphatic carbocycles. The average Bonchev–Trinajstić information content (AvgIpc) is 2.25. The van der Waals surface area contributed by atoms with Crippen LogP contribution in [-0.4, -0.2) is 16.6 Å². The molecule has 0 aliphatic heterocycles. The number of nitro groups is 1. The Labute approximate surface area is 94.8 Å². The minimum atomic E-state index is -4.82. The highest BCUT2D eigenvalue weighted by Crippen LogP contribution is 2.40. The molecule has 0 aliphatic rings. The molecule has 0 amide bonds. The van der Waals surface area contributed by atoms with Crippen LogP contribution in [0.2, 0.25) is 0 Å². The van der Waals surface area contributed by atoms with Crippen molar-refractivity contribution in [3.63, 3.8) is 0 Å². The second-order valence-corrected chi connectivity index (χ2v) is 3.58. The summed E-state index contributed by atoms with van der Waals surface area (Å²) in [4.78, 5) is 9.50. The van der Waals surface area contributed by atoms with Crippen LogP contribution in [0.4, 0.5) is 18.9 Å². The Balaban J connectivity index is 3.51. The normalized spacial score (nSPS) is 13.5. The van der Waals surface area contributed by atoms with Crippen LogP contribution < -0.4 is 0 Å². The van der Waals surface area contributed by atoms with Crippen LogP contribution in [0.25, 0.3) is 0 Å². The fourth-order valence-corrected chi connectivity index (χ4v) is 1.53. The predicted molar refractivity (Wildman–Crippen MR) is 53.6 cm³/mol. The van der Waals surface area contributed by atoms with Gasteiger partial charge in [0.05, 0.1) is 4.92 Å². The Kier molecular flexibility index (Phi) is 3.72. The van der Waals surface area contributed by atoms with E-state index in [1.165, 1.54) is 13.0 Å². The second kappa shape index (κ2) is 4.70. The number of aliphatic hydroxyl groups excluding tert-OH is 1. The minimum Gasteiger partial charge on any atom is -0.396 e. The maximum atomic E-state index is 12.8. The molecule has 0 radical (unpaired) electrons. The van der Waals surface area contributed by atoms with E-state index in [1.54, 1.807) is 0 Å². The SMILES string of the molecule is CC(CO)c1cccc([N+](=O)[O-])c1C(F)(F)F. The maximum absolute atomic E-state index is 12.8. The second-order valence-electron chi connectivity index (χ2n) is 3.58. The highest BCUT2D eigenvalue weighted by atomic mass is 19.4. The first-order chi connectivity index (χ1) is 7.79. The number of rotatable bonds is 3. The molecule has 94 valence electrons. The summed E-state index contributed by atoms with van der Waals surface area (Å²) in [5.74, 6) is -0.813. The lowest BCUT2D eigenvalue weighted by atomic mass is 9.94. The molecule has 1 atom stereocenters. The number of aliphatic hydroxyl groups is 1. The van der Waals surface area contributed by atoms with Crippen LogP contribution in [0.15, 0.2) is 18.2 Å². The van der Waals surface area contributed by atoms with Crippen molar-refractivity contribution in [2.24, 2.45) is 0 Å². The van der Waals surface area contributed by atoms with Crippen molar-refractivity contribution in [1.29, 1.82) is 0 Å². The van der Waals surface area contributed by atoms with Gasteiger partial charge in [0.15, 0.2) is 0 Å². The molecule has 0 aromatic heterocycles. The summed E-state index contributed by atoms with van der Waals surface area (Å²) in [5.41, 5.74) is -2.55. The standard InChI is InChI=1S/C10H10F3NO3/c1-6(5-15)7-3-2-4-8(14(16)17)9(7)10(11,12)13/h2-4,6,15H,5H2,1H3. The number of halogens is 3. The van der Waals surface area contributed by atoms with Crippen LogP contribution >= 0.6 is 0 Å². The van der Waals surface area contributed by atoms with Crippen LogP contribution in [0.1, 0.15) is 24.0 Å².